The van der Waals surface area contributed by atoms with E-state index in [4.69, 9.17) is 16.1 Å². The van der Waals surface area contributed by atoms with Gasteiger partial charge in [-0.2, -0.15) is 0 Å². The van der Waals surface area contributed by atoms with E-state index in [0.29, 0.717) is 22.7 Å². The smallest absolute Gasteiger partial charge is 0.231 e. The molecule has 7 nitrogen and oxygen atoms in total. The highest BCUT2D eigenvalue weighted by molar-refractivity contribution is 6.31. The second-order valence-electron chi connectivity index (χ2n) is 7.85. The van der Waals surface area contributed by atoms with Crippen LogP contribution in [0, 0.1) is 0 Å². The van der Waals surface area contributed by atoms with E-state index in [2.05, 4.69) is 20.3 Å². The van der Waals surface area contributed by atoms with Gasteiger partial charge in [-0.05, 0) is 42.8 Å². The molecule has 1 aromatic heterocycles. The first-order valence-electron chi connectivity index (χ1n) is 10.00. The van der Waals surface area contributed by atoms with Crippen molar-refractivity contribution in [2.45, 2.75) is 12.8 Å². The number of amides is 1. The highest BCUT2D eigenvalue weighted by Crippen LogP contribution is 2.33. The molecular formula is C22H21ClN4O3. The van der Waals surface area contributed by atoms with Gasteiger partial charge in [0.15, 0.2) is 17.2 Å². The highest BCUT2D eigenvalue weighted by atomic mass is 35.5. The lowest BCUT2D eigenvalue weighted by atomic mass is 9.98. The Morgan fingerprint density at radius 2 is 2.00 bits per heavy atom. The zero-order valence-electron chi connectivity index (χ0n) is 16.5. The first-order chi connectivity index (χ1) is 14.5. The minimum atomic E-state index is -0.219. The number of hydrogen-bond donors (Lipinski definition) is 1. The molecule has 30 heavy (non-hydrogen) atoms. The molecular weight excluding hydrogens is 404 g/mol. The van der Waals surface area contributed by atoms with Crippen LogP contribution in [0.25, 0.3) is 11.0 Å². The normalized spacial score (nSPS) is 19.2. The zero-order chi connectivity index (χ0) is 20.8. The van der Waals surface area contributed by atoms with Gasteiger partial charge in [0, 0.05) is 48.5 Å². The van der Waals surface area contributed by atoms with Gasteiger partial charge in [0.05, 0.1) is 17.8 Å². The number of nitrogens with zero attached hydrogens (tertiary/aromatic N) is 3. The Morgan fingerprint density at radius 1 is 1.20 bits per heavy atom. The topological polar surface area (TPSA) is 78.7 Å². The second-order valence-corrected chi connectivity index (χ2v) is 8.28. The number of rotatable bonds is 4. The van der Waals surface area contributed by atoms with E-state index in [1.807, 2.05) is 31.2 Å². The Bertz CT molecular complexity index is 1150. The van der Waals surface area contributed by atoms with E-state index in [1.54, 1.807) is 12.1 Å². The third-order valence-electron chi connectivity index (χ3n) is 5.95. The van der Waals surface area contributed by atoms with Crippen LogP contribution in [0.2, 0.25) is 5.02 Å². The first kappa shape index (κ1) is 19.1. The predicted octanol–water partition coefficient (Wildman–Crippen LogP) is 3.54. The number of carbonyl (C=O) groups excluding carboxylic acids is 2. The van der Waals surface area contributed by atoms with Crippen molar-refractivity contribution < 1.29 is 14.1 Å². The molecule has 8 heteroatoms. The summed E-state index contributed by atoms with van der Waals surface area (Å²) in [6.45, 7) is 5.26. The van der Waals surface area contributed by atoms with Gasteiger partial charge in [0.1, 0.15) is 0 Å². The van der Waals surface area contributed by atoms with Gasteiger partial charge < -0.3 is 14.7 Å². The summed E-state index contributed by atoms with van der Waals surface area (Å²) in [5.41, 5.74) is 3.03. The Morgan fingerprint density at radius 3 is 2.80 bits per heavy atom. The Kier molecular flexibility index (Phi) is 4.72. The fourth-order valence-corrected chi connectivity index (χ4v) is 4.29. The molecule has 1 saturated heterocycles. The maximum atomic E-state index is 12.8. The number of hydrogen-bond acceptors (Lipinski definition) is 6. The first-order valence-corrected chi connectivity index (χ1v) is 10.4. The van der Waals surface area contributed by atoms with E-state index < -0.39 is 0 Å². The van der Waals surface area contributed by atoms with Gasteiger partial charge in [-0.3, -0.25) is 14.5 Å². The molecule has 2 aromatic carbocycles. The number of aromatic nitrogens is 1. The molecule has 2 aliphatic heterocycles. The molecule has 2 aliphatic rings. The number of anilines is 2. The van der Waals surface area contributed by atoms with Gasteiger partial charge in [-0.1, -0.05) is 16.8 Å². The van der Waals surface area contributed by atoms with Crippen molar-refractivity contribution in [1.82, 2.24) is 10.1 Å². The molecule has 1 fully saturated rings. The fourth-order valence-electron chi connectivity index (χ4n) is 4.13. The van der Waals surface area contributed by atoms with Gasteiger partial charge in [0.25, 0.3) is 0 Å². The lowest BCUT2D eigenvalue weighted by molar-refractivity contribution is -0.116. The molecule has 1 unspecified atom stereocenters. The molecule has 1 N–H and O–H groups in total. The van der Waals surface area contributed by atoms with Crippen LogP contribution in [-0.2, 0) is 4.79 Å². The average Bonchev–Trinajstić information content (AvgIpc) is 3.28. The van der Waals surface area contributed by atoms with Crippen LogP contribution in [0.1, 0.15) is 28.8 Å². The summed E-state index contributed by atoms with van der Waals surface area (Å²) in [5.74, 6) is 0.647. The lowest BCUT2D eigenvalue weighted by Gasteiger charge is -2.34. The Labute approximate surface area is 178 Å². The number of carbonyl (C=O) groups is 2. The van der Waals surface area contributed by atoms with E-state index >= 15 is 0 Å². The SMILES string of the molecule is CC1C(=O)Nc2ccc(C(=O)CN3CCN(c4noc5cc(Cl)ccc45)CC3)cc21. The Hall–Kier alpha value is -2.90. The summed E-state index contributed by atoms with van der Waals surface area (Å²) in [6.07, 6.45) is 0. The molecule has 154 valence electrons. The van der Waals surface area contributed by atoms with Crippen LogP contribution in [-0.4, -0.2) is 54.5 Å². The number of halogens is 1. The summed E-state index contributed by atoms with van der Waals surface area (Å²) in [6, 6.07) is 11.0. The minimum absolute atomic E-state index is 0.0200. The van der Waals surface area contributed by atoms with Crippen LogP contribution in [0.5, 0.6) is 0 Å². The third-order valence-corrected chi connectivity index (χ3v) is 6.18. The van der Waals surface area contributed by atoms with Crippen molar-refractivity contribution in [3.63, 3.8) is 0 Å². The molecule has 0 aliphatic carbocycles. The van der Waals surface area contributed by atoms with Crippen molar-refractivity contribution in [3.05, 3.63) is 52.5 Å². The van der Waals surface area contributed by atoms with Crippen molar-refractivity contribution in [2.75, 3.05) is 42.9 Å². The number of fused-ring (bicyclic) bond motifs is 2. The number of Topliss-reactive ketones (excluding diaryl/α,β-unsaturated/α-hetero) is 1. The number of ketones is 1. The van der Waals surface area contributed by atoms with Crippen LogP contribution in [0.4, 0.5) is 11.5 Å². The van der Waals surface area contributed by atoms with Gasteiger partial charge in [-0.25, -0.2) is 0 Å². The van der Waals surface area contributed by atoms with Gasteiger partial charge in [-0.15, -0.1) is 0 Å². The molecule has 0 radical (unpaired) electrons. The molecule has 0 bridgehead atoms. The minimum Gasteiger partial charge on any atom is -0.354 e. The molecule has 0 saturated carbocycles. The average molecular weight is 425 g/mol. The quantitative estimate of drug-likeness (QED) is 0.645. The molecule has 3 heterocycles. The van der Waals surface area contributed by atoms with Crippen molar-refractivity contribution in [3.8, 4) is 0 Å². The van der Waals surface area contributed by atoms with Crippen molar-refractivity contribution in [2.24, 2.45) is 0 Å². The predicted molar refractivity (Wildman–Crippen MR) is 115 cm³/mol. The molecule has 5 rings (SSSR count). The van der Waals surface area contributed by atoms with Crippen LogP contribution in [0.3, 0.4) is 0 Å². The summed E-state index contributed by atoms with van der Waals surface area (Å²) >= 11 is 6.02. The van der Waals surface area contributed by atoms with Gasteiger partial charge in [0.2, 0.25) is 5.91 Å². The number of piperazine rings is 1. The standard InChI is InChI=1S/C22H21ClN4O3/c1-13-17-10-14(2-5-18(17)24-22(13)29)19(28)12-26-6-8-27(9-7-26)21-16-4-3-15(23)11-20(16)30-25-21/h2-5,10-11,13H,6-9,12H2,1H3,(H,24,29). The third kappa shape index (κ3) is 3.34. The summed E-state index contributed by atoms with van der Waals surface area (Å²) < 4.78 is 5.41. The number of benzene rings is 2. The molecule has 3 aromatic rings. The maximum Gasteiger partial charge on any atom is 0.231 e. The highest BCUT2D eigenvalue weighted by Gasteiger charge is 2.28. The summed E-state index contributed by atoms with van der Waals surface area (Å²) in [7, 11) is 0. The van der Waals surface area contributed by atoms with Crippen LogP contribution in [0.15, 0.2) is 40.9 Å². The van der Waals surface area contributed by atoms with E-state index in [-0.39, 0.29) is 17.6 Å². The van der Waals surface area contributed by atoms with Crippen molar-refractivity contribution >= 4 is 45.8 Å². The van der Waals surface area contributed by atoms with E-state index in [0.717, 1.165) is 48.6 Å². The fraction of sp³-hybridized carbons (Fsp3) is 0.318. The summed E-state index contributed by atoms with van der Waals surface area (Å²) in [4.78, 5) is 29.0. The zero-order valence-corrected chi connectivity index (χ0v) is 17.3. The monoisotopic (exact) mass is 424 g/mol. The van der Waals surface area contributed by atoms with Crippen molar-refractivity contribution in [1.29, 1.82) is 0 Å². The lowest BCUT2D eigenvalue weighted by Crippen LogP contribution is -2.48. The molecule has 1 amide bonds. The molecule has 0 spiro atoms. The van der Waals surface area contributed by atoms with Gasteiger partial charge >= 0.3 is 0 Å². The van der Waals surface area contributed by atoms with E-state index in [9.17, 15) is 9.59 Å². The van der Waals surface area contributed by atoms with Crippen LogP contribution >= 0.6 is 11.6 Å². The van der Waals surface area contributed by atoms with E-state index in [1.165, 1.54) is 0 Å². The van der Waals surface area contributed by atoms with Crippen LogP contribution < -0.4 is 10.2 Å². The largest absolute Gasteiger partial charge is 0.354 e. The second kappa shape index (κ2) is 7.41. The summed E-state index contributed by atoms with van der Waals surface area (Å²) in [5, 5.41) is 8.62. The molecule has 1 atom stereocenters. The Balaban J connectivity index is 1.23. The maximum absolute atomic E-state index is 12.8. The number of nitrogens with one attached hydrogen (secondary N) is 1.